The Morgan fingerprint density at radius 2 is 1.37 bits per heavy atom. The van der Waals surface area contributed by atoms with Gasteiger partial charge in [0, 0.05) is 32.8 Å². The standard InChI is InChI=1S/C47H33N5/c1-2-16-36(17-3-1)51-41-21-11-9-19-39(41)43-42(51)27-26-38-37-18-8-10-20-40(37)52(44(38)43)47-49-45(34-24-22-30-12-4-6-14-32(30)28-34)48-46(50-47)35-25-23-31-13-5-7-15-33(31)29-35/h1-4,6-12,14-29,46H,5,13H2,(H,48,49,50). The number of aryl methyl sites for hydroxylation is 1. The van der Waals surface area contributed by atoms with Crippen molar-refractivity contribution in [2.75, 3.05) is 0 Å². The van der Waals surface area contributed by atoms with E-state index in [1.54, 1.807) is 0 Å². The molecule has 7 aromatic carbocycles. The maximum Gasteiger partial charge on any atom is 0.211 e. The van der Waals surface area contributed by atoms with E-state index in [0.717, 1.165) is 52.2 Å². The molecule has 0 amide bonds. The Labute approximate surface area is 300 Å². The van der Waals surface area contributed by atoms with Crippen molar-refractivity contribution in [1.29, 1.82) is 0 Å². The highest BCUT2D eigenvalue weighted by Gasteiger charge is 2.27. The number of hydrogen-bond acceptors (Lipinski definition) is 3. The molecule has 246 valence electrons. The fraction of sp³-hybridized carbons (Fsp3) is 0.0638. The minimum Gasteiger partial charge on any atom is -0.330 e. The molecule has 3 heterocycles. The molecule has 2 aliphatic rings. The Morgan fingerprint density at radius 3 is 2.25 bits per heavy atom. The van der Waals surface area contributed by atoms with Crippen LogP contribution in [0.2, 0.25) is 0 Å². The first-order valence-corrected chi connectivity index (χ1v) is 18.0. The fourth-order valence-corrected chi connectivity index (χ4v) is 8.38. The van der Waals surface area contributed by atoms with Gasteiger partial charge >= 0.3 is 0 Å². The van der Waals surface area contributed by atoms with Gasteiger partial charge in [-0.05, 0) is 82.8 Å². The lowest BCUT2D eigenvalue weighted by Crippen LogP contribution is -2.37. The van der Waals surface area contributed by atoms with E-state index in [1.807, 2.05) is 0 Å². The summed E-state index contributed by atoms with van der Waals surface area (Å²) in [5.41, 5.74) is 10.4. The number of aromatic nitrogens is 2. The molecule has 11 rings (SSSR count). The summed E-state index contributed by atoms with van der Waals surface area (Å²) >= 11 is 0. The van der Waals surface area contributed by atoms with Crippen molar-refractivity contribution in [3.8, 4) is 5.69 Å². The summed E-state index contributed by atoms with van der Waals surface area (Å²) in [4.78, 5) is 10.7. The average Bonchev–Trinajstić information content (AvgIpc) is 3.74. The van der Waals surface area contributed by atoms with Gasteiger partial charge in [0.15, 0.2) is 5.84 Å². The van der Waals surface area contributed by atoms with Crippen molar-refractivity contribution < 1.29 is 0 Å². The summed E-state index contributed by atoms with van der Waals surface area (Å²) in [6.07, 6.45) is 6.33. The third-order valence-electron chi connectivity index (χ3n) is 10.8. The predicted octanol–water partition coefficient (Wildman–Crippen LogP) is 11.0. The van der Waals surface area contributed by atoms with Gasteiger partial charge in [-0.15, -0.1) is 0 Å². The lowest BCUT2D eigenvalue weighted by molar-refractivity contribution is 0.661. The number of allylic oxidation sites excluding steroid dienone is 1. The van der Waals surface area contributed by atoms with Crippen molar-refractivity contribution in [2.24, 2.45) is 9.98 Å². The Balaban J connectivity index is 1.21. The zero-order chi connectivity index (χ0) is 34.2. The maximum atomic E-state index is 5.41. The number of nitrogens with one attached hydrogen (secondary N) is 1. The molecule has 0 saturated heterocycles. The molecule has 0 radical (unpaired) electrons. The van der Waals surface area contributed by atoms with Gasteiger partial charge in [0.1, 0.15) is 6.17 Å². The molecule has 2 aromatic heterocycles. The molecule has 1 atom stereocenters. The van der Waals surface area contributed by atoms with E-state index in [2.05, 4.69) is 178 Å². The second kappa shape index (κ2) is 11.4. The summed E-state index contributed by atoms with van der Waals surface area (Å²) in [6, 6.07) is 54.5. The molecule has 5 heteroatoms. The molecule has 0 spiro atoms. The largest absolute Gasteiger partial charge is 0.330 e. The summed E-state index contributed by atoms with van der Waals surface area (Å²) in [6.45, 7) is 0. The molecule has 5 nitrogen and oxygen atoms in total. The highest BCUT2D eigenvalue weighted by atomic mass is 15.3. The van der Waals surface area contributed by atoms with Gasteiger partial charge in [-0.1, -0.05) is 121 Å². The van der Waals surface area contributed by atoms with E-state index in [9.17, 15) is 0 Å². The molecule has 0 saturated carbocycles. The van der Waals surface area contributed by atoms with Gasteiger partial charge in [0.2, 0.25) is 5.96 Å². The van der Waals surface area contributed by atoms with Crippen LogP contribution >= 0.6 is 0 Å². The zero-order valence-electron chi connectivity index (χ0n) is 28.4. The minimum atomic E-state index is -0.337. The molecule has 1 aliphatic carbocycles. The fourth-order valence-electron chi connectivity index (χ4n) is 8.38. The third-order valence-corrected chi connectivity index (χ3v) is 10.8. The maximum absolute atomic E-state index is 5.41. The molecular weight excluding hydrogens is 635 g/mol. The first-order chi connectivity index (χ1) is 25.8. The monoisotopic (exact) mass is 667 g/mol. The van der Waals surface area contributed by atoms with Crippen LogP contribution in [0.5, 0.6) is 0 Å². The second-order valence-electron chi connectivity index (χ2n) is 13.8. The summed E-state index contributed by atoms with van der Waals surface area (Å²) < 4.78 is 4.73. The lowest BCUT2D eigenvalue weighted by Gasteiger charge is -2.26. The Morgan fingerprint density at radius 1 is 0.596 bits per heavy atom. The van der Waals surface area contributed by atoms with Crippen LogP contribution in [0.25, 0.3) is 66.1 Å². The molecule has 52 heavy (non-hydrogen) atoms. The van der Waals surface area contributed by atoms with Crippen LogP contribution in [0.1, 0.15) is 34.8 Å². The van der Waals surface area contributed by atoms with E-state index >= 15 is 0 Å². The van der Waals surface area contributed by atoms with Crippen LogP contribution in [0.4, 0.5) is 0 Å². The number of rotatable bonds is 3. The predicted molar refractivity (Wildman–Crippen MR) is 217 cm³/mol. The number of nitrogens with zero attached hydrogens (tertiary/aromatic N) is 4. The smallest absolute Gasteiger partial charge is 0.211 e. The first-order valence-electron chi connectivity index (χ1n) is 18.0. The van der Waals surface area contributed by atoms with Crippen molar-refractivity contribution in [2.45, 2.75) is 19.0 Å². The quantitative estimate of drug-likeness (QED) is 0.200. The highest BCUT2D eigenvalue weighted by molar-refractivity contribution is 6.28. The van der Waals surface area contributed by atoms with Gasteiger partial charge in [-0.2, -0.15) is 4.99 Å². The normalized spacial score (nSPS) is 15.7. The van der Waals surface area contributed by atoms with Gasteiger partial charge in [0.25, 0.3) is 0 Å². The SMILES string of the molecule is C1=Cc2cc(C3N=C(c4ccc5ccccc5c4)N=C(n4c5ccccc5c5ccc6c(c7ccccc7n6-c6ccccc6)c54)N3)ccc2CC1. The first kappa shape index (κ1) is 29.1. The second-order valence-corrected chi connectivity index (χ2v) is 13.8. The van der Waals surface area contributed by atoms with Crippen LogP contribution < -0.4 is 5.32 Å². The van der Waals surface area contributed by atoms with E-state index in [0.29, 0.717) is 5.84 Å². The summed E-state index contributed by atoms with van der Waals surface area (Å²) in [5, 5.41) is 11.0. The summed E-state index contributed by atoms with van der Waals surface area (Å²) in [7, 11) is 0. The number of hydrogen-bond donors (Lipinski definition) is 1. The summed E-state index contributed by atoms with van der Waals surface area (Å²) in [5.74, 6) is 1.47. The zero-order valence-corrected chi connectivity index (χ0v) is 28.4. The van der Waals surface area contributed by atoms with Crippen molar-refractivity contribution in [3.63, 3.8) is 0 Å². The van der Waals surface area contributed by atoms with Crippen LogP contribution in [-0.4, -0.2) is 20.9 Å². The Kier molecular flexibility index (Phi) is 6.37. The Bertz CT molecular complexity index is 2990. The molecule has 1 N–H and O–H groups in total. The van der Waals surface area contributed by atoms with Gasteiger partial charge in [-0.25, -0.2) is 4.99 Å². The van der Waals surface area contributed by atoms with Crippen LogP contribution in [0.3, 0.4) is 0 Å². The Hall–Kier alpha value is -6.72. The molecule has 9 aromatic rings. The molecule has 0 bridgehead atoms. The topological polar surface area (TPSA) is 46.6 Å². The number of fused-ring (bicyclic) bond motifs is 9. The lowest BCUT2D eigenvalue weighted by atomic mass is 9.95. The number of aliphatic imine (C=N–C) groups is 2. The molecule has 0 fully saturated rings. The number of para-hydroxylation sites is 3. The third kappa shape index (κ3) is 4.42. The van der Waals surface area contributed by atoms with Crippen LogP contribution in [0.15, 0.2) is 168 Å². The van der Waals surface area contributed by atoms with E-state index in [-0.39, 0.29) is 6.17 Å². The minimum absolute atomic E-state index is 0.337. The van der Waals surface area contributed by atoms with Crippen molar-refractivity contribution in [1.82, 2.24) is 14.5 Å². The highest BCUT2D eigenvalue weighted by Crippen LogP contribution is 2.41. The molecular formula is C47H33N5. The average molecular weight is 668 g/mol. The van der Waals surface area contributed by atoms with E-state index in [1.165, 1.54) is 49.0 Å². The van der Waals surface area contributed by atoms with Crippen molar-refractivity contribution >= 4 is 72.3 Å². The van der Waals surface area contributed by atoms with Crippen LogP contribution in [-0.2, 0) is 6.42 Å². The van der Waals surface area contributed by atoms with Gasteiger partial charge in [0.05, 0.1) is 22.1 Å². The number of amidine groups is 1. The molecule has 1 aliphatic heterocycles. The molecule has 1 unspecified atom stereocenters. The van der Waals surface area contributed by atoms with Crippen LogP contribution in [0, 0.1) is 0 Å². The van der Waals surface area contributed by atoms with E-state index < -0.39 is 0 Å². The number of benzene rings is 7. The van der Waals surface area contributed by atoms with Gasteiger partial charge in [-0.3, -0.25) is 4.57 Å². The van der Waals surface area contributed by atoms with Crippen molar-refractivity contribution in [3.05, 3.63) is 180 Å². The van der Waals surface area contributed by atoms with Gasteiger partial charge < -0.3 is 9.88 Å². The van der Waals surface area contributed by atoms with E-state index in [4.69, 9.17) is 9.98 Å².